The standard InChI is InChI=1S/C16H31N3/c1-2-3-4-5-6-7-8-9-10-11-12-19-15-16(13-17)14-18-19/h14-15H,2-13,17H2,1H3. The van der Waals surface area contributed by atoms with Gasteiger partial charge in [0.2, 0.25) is 0 Å². The smallest absolute Gasteiger partial charge is 0.0534 e. The molecule has 0 fully saturated rings. The van der Waals surface area contributed by atoms with Crippen molar-refractivity contribution in [3.63, 3.8) is 0 Å². The Morgan fingerprint density at radius 1 is 0.947 bits per heavy atom. The Kier molecular flexibility index (Phi) is 9.42. The first kappa shape index (κ1) is 16.2. The van der Waals surface area contributed by atoms with Crippen LogP contribution in [0.1, 0.15) is 76.7 Å². The monoisotopic (exact) mass is 265 g/mol. The van der Waals surface area contributed by atoms with Gasteiger partial charge in [-0.3, -0.25) is 4.68 Å². The maximum atomic E-state index is 5.56. The predicted octanol–water partition coefficient (Wildman–Crippen LogP) is 4.26. The third-order valence-corrected chi connectivity index (χ3v) is 3.66. The topological polar surface area (TPSA) is 43.8 Å². The summed E-state index contributed by atoms with van der Waals surface area (Å²) in [5, 5.41) is 4.30. The Morgan fingerprint density at radius 2 is 1.53 bits per heavy atom. The van der Waals surface area contributed by atoms with Crippen molar-refractivity contribution in [1.82, 2.24) is 9.78 Å². The van der Waals surface area contributed by atoms with Crippen molar-refractivity contribution in [2.75, 3.05) is 0 Å². The lowest BCUT2D eigenvalue weighted by Gasteiger charge is -2.03. The first-order valence-electron chi connectivity index (χ1n) is 8.08. The van der Waals surface area contributed by atoms with Gasteiger partial charge >= 0.3 is 0 Å². The van der Waals surface area contributed by atoms with Crippen LogP contribution in [0, 0.1) is 0 Å². The zero-order valence-electron chi connectivity index (χ0n) is 12.6. The van der Waals surface area contributed by atoms with Crippen LogP contribution >= 0.6 is 0 Å². The quantitative estimate of drug-likeness (QED) is 0.574. The molecule has 0 spiro atoms. The minimum Gasteiger partial charge on any atom is -0.326 e. The molecule has 0 aliphatic carbocycles. The Morgan fingerprint density at radius 3 is 2.05 bits per heavy atom. The number of hydrogen-bond acceptors (Lipinski definition) is 2. The highest BCUT2D eigenvalue weighted by Crippen LogP contribution is 2.10. The molecule has 1 aromatic rings. The Labute approximate surface area is 118 Å². The van der Waals surface area contributed by atoms with Gasteiger partial charge in [-0.15, -0.1) is 0 Å². The van der Waals surface area contributed by atoms with Crippen molar-refractivity contribution in [2.24, 2.45) is 5.73 Å². The molecular weight excluding hydrogens is 234 g/mol. The van der Waals surface area contributed by atoms with Crippen LogP contribution in [-0.2, 0) is 13.1 Å². The molecule has 0 unspecified atom stereocenters. The fourth-order valence-corrected chi connectivity index (χ4v) is 2.40. The third-order valence-electron chi connectivity index (χ3n) is 3.66. The third kappa shape index (κ3) is 8.04. The summed E-state index contributed by atoms with van der Waals surface area (Å²) in [7, 11) is 0. The predicted molar refractivity (Wildman–Crippen MR) is 82.0 cm³/mol. The highest BCUT2D eigenvalue weighted by molar-refractivity contribution is 5.02. The van der Waals surface area contributed by atoms with E-state index in [1.54, 1.807) is 0 Å². The van der Waals surface area contributed by atoms with E-state index in [1.807, 2.05) is 10.9 Å². The summed E-state index contributed by atoms with van der Waals surface area (Å²) in [5.74, 6) is 0. The molecule has 0 radical (unpaired) electrons. The minimum absolute atomic E-state index is 0.595. The van der Waals surface area contributed by atoms with E-state index in [0.29, 0.717) is 6.54 Å². The molecule has 1 aromatic heterocycles. The van der Waals surface area contributed by atoms with Crippen molar-refractivity contribution in [2.45, 2.75) is 84.2 Å². The molecule has 0 amide bonds. The number of nitrogens with two attached hydrogens (primary N) is 1. The normalized spacial score (nSPS) is 11.1. The van der Waals surface area contributed by atoms with Gasteiger partial charge < -0.3 is 5.73 Å². The summed E-state index contributed by atoms with van der Waals surface area (Å²) in [5.41, 5.74) is 6.69. The summed E-state index contributed by atoms with van der Waals surface area (Å²) in [4.78, 5) is 0. The van der Waals surface area contributed by atoms with E-state index in [-0.39, 0.29) is 0 Å². The van der Waals surface area contributed by atoms with Crippen LogP contribution in [0.4, 0.5) is 0 Å². The van der Waals surface area contributed by atoms with E-state index in [0.717, 1.165) is 12.1 Å². The number of nitrogens with zero attached hydrogens (tertiary/aromatic N) is 2. The van der Waals surface area contributed by atoms with Gasteiger partial charge in [-0.05, 0) is 6.42 Å². The first-order valence-corrected chi connectivity index (χ1v) is 8.08. The van der Waals surface area contributed by atoms with E-state index in [4.69, 9.17) is 5.73 Å². The van der Waals surface area contributed by atoms with Gasteiger partial charge in [0.15, 0.2) is 0 Å². The molecule has 0 aliphatic rings. The Hall–Kier alpha value is -0.830. The van der Waals surface area contributed by atoms with Crippen molar-refractivity contribution >= 4 is 0 Å². The first-order chi connectivity index (χ1) is 9.36. The molecule has 0 atom stereocenters. The SMILES string of the molecule is CCCCCCCCCCCCn1cc(CN)cn1. The number of rotatable bonds is 12. The molecular formula is C16H31N3. The van der Waals surface area contributed by atoms with Crippen LogP contribution in [0.5, 0.6) is 0 Å². The van der Waals surface area contributed by atoms with Gasteiger partial charge in [0, 0.05) is 24.8 Å². The molecule has 110 valence electrons. The number of unbranched alkanes of at least 4 members (excludes halogenated alkanes) is 9. The van der Waals surface area contributed by atoms with Crippen molar-refractivity contribution in [1.29, 1.82) is 0 Å². The lowest BCUT2D eigenvalue weighted by molar-refractivity contribution is 0.515. The highest BCUT2D eigenvalue weighted by Gasteiger charge is 1.97. The molecule has 0 saturated carbocycles. The maximum Gasteiger partial charge on any atom is 0.0534 e. The highest BCUT2D eigenvalue weighted by atomic mass is 15.3. The largest absolute Gasteiger partial charge is 0.326 e. The van der Waals surface area contributed by atoms with Crippen LogP contribution in [0.25, 0.3) is 0 Å². The van der Waals surface area contributed by atoms with E-state index in [2.05, 4.69) is 18.2 Å². The molecule has 3 nitrogen and oxygen atoms in total. The van der Waals surface area contributed by atoms with Crippen LogP contribution in [0.3, 0.4) is 0 Å². The van der Waals surface area contributed by atoms with Crippen LogP contribution in [0.15, 0.2) is 12.4 Å². The molecule has 0 saturated heterocycles. The summed E-state index contributed by atoms with van der Waals surface area (Å²) >= 11 is 0. The average Bonchev–Trinajstić information content (AvgIpc) is 2.89. The maximum absolute atomic E-state index is 5.56. The van der Waals surface area contributed by atoms with Gasteiger partial charge in [-0.2, -0.15) is 5.10 Å². The van der Waals surface area contributed by atoms with Gasteiger partial charge in [-0.1, -0.05) is 64.7 Å². The Bertz CT molecular complexity index is 307. The van der Waals surface area contributed by atoms with Gasteiger partial charge in [-0.25, -0.2) is 0 Å². The zero-order valence-corrected chi connectivity index (χ0v) is 12.6. The summed E-state index contributed by atoms with van der Waals surface area (Å²) in [6.45, 7) is 3.91. The van der Waals surface area contributed by atoms with Crippen molar-refractivity contribution in [3.8, 4) is 0 Å². The van der Waals surface area contributed by atoms with Crippen LogP contribution in [0.2, 0.25) is 0 Å². The molecule has 1 heterocycles. The number of aryl methyl sites for hydroxylation is 1. The summed E-state index contributed by atoms with van der Waals surface area (Å²) < 4.78 is 2.02. The van der Waals surface area contributed by atoms with Crippen LogP contribution in [-0.4, -0.2) is 9.78 Å². The van der Waals surface area contributed by atoms with E-state index < -0.39 is 0 Å². The zero-order chi connectivity index (χ0) is 13.8. The molecule has 3 heteroatoms. The van der Waals surface area contributed by atoms with Crippen LogP contribution < -0.4 is 5.73 Å². The minimum atomic E-state index is 0.595. The second-order valence-electron chi connectivity index (χ2n) is 5.50. The fourth-order valence-electron chi connectivity index (χ4n) is 2.40. The van der Waals surface area contributed by atoms with E-state index in [9.17, 15) is 0 Å². The second-order valence-corrected chi connectivity index (χ2v) is 5.50. The lowest BCUT2D eigenvalue weighted by atomic mass is 10.1. The van der Waals surface area contributed by atoms with Crippen molar-refractivity contribution in [3.05, 3.63) is 18.0 Å². The average molecular weight is 265 g/mol. The molecule has 19 heavy (non-hydrogen) atoms. The van der Waals surface area contributed by atoms with Crippen molar-refractivity contribution < 1.29 is 0 Å². The van der Waals surface area contributed by atoms with Gasteiger partial charge in [0.25, 0.3) is 0 Å². The number of aromatic nitrogens is 2. The fraction of sp³-hybridized carbons (Fsp3) is 0.812. The van der Waals surface area contributed by atoms with E-state index >= 15 is 0 Å². The molecule has 0 aliphatic heterocycles. The molecule has 1 rings (SSSR count). The van der Waals surface area contributed by atoms with Gasteiger partial charge in [0.1, 0.15) is 0 Å². The molecule has 0 aromatic carbocycles. The summed E-state index contributed by atoms with van der Waals surface area (Å²) in [6, 6.07) is 0. The lowest BCUT2D eigenvalue weighted by Crippen LogP contribution is -1.98. The van der Waals surface area contributed by atoms with E-state index in [1.165, 1.54) is 64.2 Å². The Balaban J connectivity index is 1.86. The summed E-state index contributed by atoms with van der Waals surface area (Å²) in [6.07, 6.45) is 17.7. The molecule has 2 N–H and O–H groups in total. The van der Waals surface area contributed by atoms with Gasteiger partial charge in [0.05, 0.1) is 6.20 Å². The number of hydrogen-bond donors (Lipinski definition) is 1. The second kappa shape index (κ2) is 11.0. The molecule has 0 bridgehead atoms.